The van der Waals surface area contributed by atoms with E-state index in [1.54, 1.807) is 6.26 Å². The van der Waals surface area contributed by atoms with Crippen LogP contribution in [0.5, 0.6) is 0 Å². The number of likely N-dealkylation sites (tertiary alicyclic amines) is 1. The third kappa shape index (κ3) is 4.55. The third-order valence-corrected chi connectivity index (χ3v) is 6.32. The lowest BCUT2D eigenvalue weighted by Crippen LogP contribution is -2.37. The predicted molar refractivity (Wildman–Crippen MR) is 122 cm³/mol. The van der Waals surface area contributed by atoms with Crippen molar-refractivity contribution in [2.45, 2.75) is 38.6 Å². The minimum absolute atomic E-state index is 0.185. The Morgan fingerprint density at radius 2 is 1.90 bits per heavy atom. The molecule has 0 spiro atoms. The molecule has 8 nitrogen and oxygen atoms in total. The molecule has 1 unspecified atom stereocenters. The van der Waals surface area contributed by atoms with E-state index in [2.05, 4.69) is 39.2 Å². The first kappa shape index (κ1) is 20.3. The smallest absolute Gasteiger partial charge is 0.229 e. The van der Waals surface area contributed by atoms with E-state index in [4.69, 9.17) is 19.1 Å². The summed E-state index contributed by atoms with van der Waals surface area (Å²) in [6.07, 6.45) is 6.88. The number of hydrogen-bond acceptors (Lipinski definition) is 7. The lowest BCUT2D eigenvalue weighted by atomic mass is 10.1. The maximum Gasteiger partial charge on any atom is 0.229 e. The maximum absolute atomic E-state index is 5.85. The molecule has 0 saturated carbocycles. The number of H-pyrrole nitrogens is 1. The molecule has 3 aromatic heterocycles. The number of fused-ring (bicyclic) bond motifs is 1. The first-order valence-corrected chi connectivity index (χ1v) is 11.5. The number of rotatable bonds is 6. The molecule has 0 aromatic carbocycles. The summed E-state index contributed by atoms with van der Waals surface area (Å²) in [7, 11) is 0. The number of morpholine rings is 1. The van der Waals surface area contributed by atoms with E-state index in [1.807, 2.05) is 6.07 Å². The number of hydrogen-bond donors (Lipinski definition) is 2. The molecule has 5 heterocycles. The molecular formula is C23H32N6O2. The van der Waals surface area contributed by atoms with Crippen LogP contribution in [0.4, 0.5) is 11.8 Å². The van der Waals surface area contributed by atoms with Crippen molar-refractivity contribution in [1.82, 2.24) is 19.9 Å². The van der Waals surface area contributed by atoms with Gasteiger partial charge in [-0.2, -0.15) is 9.97 Å². The molecule has 2 aliphatic heterocycles. The minimum Gasteiger partial charge on any atom is -0.468 e. The van der Waals surface area contributed by atoms with Gasteiger partial charge in [-0.25, -0.2) is 0 Å². The normalized spacial score (nSPS) is 19.5. The summed E-state index contributed by atoms with van der Waals surface area (Å²) in [5.74, 6) is 2.64. The molecule has 5 rings (SSSR count). The largest absolute Gasteiger partial charge is 0.468 e. The van der Waals surface area contributed by atoms with Crippen molar-refractivity contribution < 1.29 is 9.15 Å². The zero-order chi connectivity index (χ0) is 21.0. The van der Waals surface area contributed by atoms with E-state index < -0.39 is 0 Å². The summed E-state index contributed by atoms with van der Waals surface area (Å²) in [6.45, 7) is 8.06. The van der Waals surface area contributed by atoms with E-state index in [0.29, 0.717) is 13.2 Å². The topological polar surface area (TPSA) is 82.5 Å². The summed E-state index contributed by atoms with van der Waals surface area (Å²) in [5, 5.41) is 4.69. The van der Waals surface area contributed by atoms with Crippen molar-refractivity contribution in [2.24, 2.45) is 0 Å². The Bertz CT molecular complexity index is 972. The molecule has 1 atom stereocenters. The van der Waals surface area contributed by atoms with Gasteiger partial charge in [0.1, 0.15) is 17.2 Å². The molecule has 2 fully saturated rings. The first-order valence-electron chi connectivity index (χ1n) is 11.5. The highest BCUT2D eigenvalue weighted by atomic mass is 16.5. The van der Waals surface area contributed by atoms with Crippen LogP contribution in [0.2, 0.25) is 0 Å². The van der Waals surface area contributed by atoms with Crippen LogP contribution < -0.4 is 10.2 Å². The van der Waals surface area contributed by atoms with Crippen LogP contribution in [-0.4, -0.2) is 65.8 Å². The van der Waals surface area contributed by atoms with Crippen LogP contribution in [0.25, 0.3) is 11.0 Å². The molecule has 31 heavy (non-hydrogen) atoms. The molecular weight excluding hydrogens is 392 g/mol. The van der Waals surface area contributed by atoms with Crippen molar-refractivity contribution in [3.8, 4) is 0 Å². The fourth-order valence-corrected chi connectivity index (χ4v) is 4.66. The van der Waals surface area contributed by atoms with E-state index in [-0.39, 0.29) is 6.04 Å². The molecule has 0 bridgehead atoms. The molecule has 2 aliphatic rings. The van der Waals surface area contributed by atoms with Crippen LogP contribution in [0.15, 0.2) is 28.9 Å². The molecule has 8 heteroatoms. The Kier molecular flexibility index (Phi) is 6.08. The fourth-order valence-electron chi connectivity index (χ4n) is 4.66. The van der Waals surface area contributed by atoms with Gasteiger partial charge in [0.2, 0.25) is 5.95 Å². The summed E-state index contributed by atoms with van der Waals surface area (Å²) in [5.41, 5.74) is 1.96. The highest BCUT2D eigenvalue weighted by molar-refractivity contribution is 5.89. The summed E-state index contributed by atoms with van der Waals surface area (Å²) >= 11 is 0. The Labute approximate surface area is 183 Å². The van der Waals surface area contributed by atoms with Gasteiger partial charge in [0.05, 0.1) is 30.9 Å². The monoisotopic (exact) mass is 424 g/mol. The molecule has 2 saturated heterocycles. The van der Waals surface area contributed by atoms with Crippen molar-refractivity contribution >= 4 is 22.8 Å². The molecule has 0 amide bonds. The summed E-state index contributed by atoms with van der Waals surface area (Å²) < 4.78 is 11.4. The van der Waals surface area contributed by atoms with Gasteiger partial charge in [-0.15, -0.1) is 0 Å². The average molecular weight is 425 g/mol. The van der Waals surface area contributed by atoms with Crippen LogP contribution in [-0.2, 0) is 4.74 Å². The number of nitrogens with one attached hydrogen (secondary N) is 2. The van der Waals surface area contributed by atoms with Gasteiger partial charge in [-0.1, -0.05) is 12.8 Å². The highest BCUT2D eigenvalue weighted by Crippen LogP contribution is 2.28. The second-order valence-corrected chi connectivity index (χ2v) is 8.55. The van der Waals surface area contributed by atoms with Crippen molar-refractivity contribution in [3.05, 3.63) is 35.9 Å². The average Bonchev–Trinajstić information content (AvgIpc) is 3.37. The van der Waals surface area contributed by atoms with E-state index in [0.717, 1.165) is 67.0 Å². The standard InChI is InChI=1S/C23H32N6O2/c1-17-15-18-21(26-23(27-22(18)25-17)29-10-13-30-14-11-29)24-16-19(20-7-6-12-31-20)28-8-4-2-3-5-9-28/h6-7,12,15,19H,2-5,8-11,13-14,16H2,1H3,(H2,24,25,26,27). The van der Waals surface area contributed by atoms with E-state index in [1.165, 1.54) is 25.7 Å². The number of aryl methyl sites for hydroxylation is 1. The number of aromatic nitrogens is 3. The van der Waals surface area contributed by atoms with Crippen molar-refractivity contribution in [2.75, 3.05) is 56.2 Å². The third-order valence-electron chi connectivity index (χ3n) is 6.32. The molecule has 166 valence electrons. The van der Waals surface area contributed by atoms with Crippen molar-refractivity contribution in [3.63, 3.8) is 0 Å². The molecule has 0 radical (unpaired) electrons. The van der Waals surface area contributed by atoms with Gasteiger partial charge in [-0.05, 0) is 51.1 Å². The lowest BCUT2D eigenvalue weighted by Gasteiger charge is -2.30. The zero-order valence-corrected chi connectivity index (χ0v) is 18.3. The zero-order valence-electron chi connectivity index (χ0n) is 18.3. The minimum atomic E-state index is 0.185. The van der Waals surface area contributed by atoms with Crippen LogP contribution in [0.1, 0.15) is 43.2 Å². The van der Waals surface area contributed by atoms with Crippen LogP contribution in [0, 0.1) is 6.92 Å². The van der Waals surface area contributed by atoms with Gasteiger partial charge in [0, 0.05) is 25.3 Å². The Hall–Kier alpha value is -2.58. The number of aromatic amines is 1. The second kappa shape index (κ2) is 9.28. The van der Waals surface area contributed by atoms with Crippen LogP contribution >= 0.6 is 0 Å². The first-order chi connectivity index (χ1) is 15.3. The summed E-state index contributed by atoms with van der Waals surface area (Å²) in [6, 6.07) is 6.38. The number of ether oxygens (including phenoxy) is 1. The van der Waals surface area contributed by atoms with Gasteiger partial charge in [0.15, 0.2) is 0 Å². The van der Waals surface area contributed by atoms with E-state index in [9.17, 15) is 0 Å². The fraction of sp³-hybridized carbons (Fsp3) is 0.565. The van der Waals surface area contributed by atoms with Gasteiger partial charge in [-0.3, -0.25) is 4.90 Å². The number of furan rings is 1. The molecule has 0 aliphatic carbocycles. The van der Waals surface area contributed by atoms with E-state index >= 15 is 0 Å². The molecule has 2 N–H and O–H groups in total. The lowest BCUT2D eigenvalue weighted by molar-refractivity contribution is 0.122. The Balaban J connectivity index is 1.42. The highest BCUT2D eigenvalue weighted by Gasteiger charge is 2.25. The number of nitrogens with zero attached hydrogens (tertiary/aromatic N) is 4. The quantitative estimate of drug-likeness (QED) is 0.624. The number of anilines is 2. The van der Waals surface area contributed by atoms with Gasteiger partial charge in [0.25, 0.3) is 0 Å². The summed E-state index contributed by atoms with van der Waals surface area (Å²) in [4.78, 5) is 17.9. The van der Waals surface area contributed by atoms with Crippen molar-refractivity contribution in [1.29, 1.82) is 0 Å². The molecule has 3 aromatic rings. The van der Waals surface area contributed by atoms with Gasteiger partial charge < -0.3 is 24.4 Å². The maximum atomic E-state index is 5.85. The Morgan fingerprint density at radius 1 is 1.10 bits per heavy atom. The van der Waals surface area contributed by atoms with Crippen LogP contribution in [0.3, 0.4) is 0 Å². The SMILES string of the molecule is Cc1cc2c(NCC(c3ccco3)N3CCCCCC3)nc(N3CCOCC3)nc2[nH]1. The predicted octanol–water partition coefficient (Wildman–Crippen LogP) is 3.73. The Morgan fingerprint density at radius 3 is 2.65 bits per heavy atom. The van der Waals surface area contributed by atoms with Gasteiger partial charge >= 0.3 is 0 Å². The second-order valence-electron chi connectivity index (χ2n) is 8.55.